The minimum atomic E-state index is -0.214. The number of aromatic nitrogens is 1. The molecule has 1 unspecified atom stereocenters. The van der Waals surface area contributed by atoms with Crippen molar-refractivity contribution in [2.24, 2.45) is 0 Å². The van der Waals surface area contributed by atoms with E-state index < -0.39 is 0 Å². The van der Waals surface area contributed by atoms with Crippen LogP contribution in [0, 0.1) is 5.82 Å². The van der Waals surface area contributed by atoms with E-state index >= 15 is 0 Å². The highest BCUT2D eigenvalue weighted by Gasteiger charge is 2.10. The maximum atomic E-state index is 13.4. The van der Waals surface area contributed by atoms with Crippen molar-refractivity contribution in [3.05, 3.63) is 52.2 Å². The molecule has 2 aromatic rings. The Balaban J connectivity index is 1.60. The Morgan fingerprint density at radius 2 is 2.27 bits per heavy atom. The largest absolute Gasteiger partial charge is 0.337 e. The van der Waals surface area contributed by atoms with Gasteiger partial charge in [-0.05, 0) is 18.6 Å². The first-order chi connectivity index (χ1) is 10.7. The second-order valence-corrected chi connectivity index (χ2v) is 6.67. The van der Waals surface area contributed by atoms with Gasteiger partial charge in [0.25, 0.3) is 0 Å². The van der Waals surface area contributed by atoms with Gasteiger partial charge in [-0.15, -0.1) is 11.3 Å². The molecule has 118 valence electrons. The molecule has 0 radical (unpaired) electrons. The van der Waals surface area contributed by atoms with E-state index in [1.807, 2.05) is 18.4 Å². The molecule has 2 amide bonds. The fraction of sp³-hybridized carbons (Fsp3) is 0.333. The van der Waals surface area contributed by atoms with Crippen molar-refractivity contribution in [2.45, 2.75) is 18.7 Å². The van der Waals surface area contributed by atoms with E-state index in [4.69, 9.17) is 0 Å². The normalized spacial score (nSPS) is 11.9. The molecule has 0 saturated heterocycles. The topological polar surface area (TPSA) is 54.0 Å². The summed E-state index contributed by atoms with van der Waals surface area (Å²) in [5.74, 6) is 1.15. The highest BCUT2D eigenvalue weighted by Crippen LogP contribution is 2.15. The van der Waals surface area contributed by atoms with Crippen molar-refractivity contribution < 1.29 is 9.18 Å². The number of benzene rings is 1. The summed E-state index contributed by atoms with van der Waals surface area (Å²) >= 11 is 3.10. The van der Waals surface area contributed by atoms with Gasteiger partial charge in [-0.25, -0.2) is 14.2 Å². The van der Waals surface area contributed by atoms with Gasteiger partial charge in [0.2, 0.25) is 0 Å². The summed E-state index contributed by atoms with van der Waals surface area (Å²) < 4.78 is 13.4. The number of rotatable bonds is 7. The summed E-state index contributed by atoms with van der Waals surface area (Å²) in [6.45, 7) is 2.43. The van der Waals surface area contributed by atoms with E-state index in [0.29, 0.717) is 17.9 Å². The van der Waals surface area contributed by atoms with Crippen molar-refractivity contribution in [3.63, 3.8) is 0 Å². The number of hydrogen-bond acceptors (Lipinski definition) is 4. The molecule has 4 nitrogen and oxygen atoms in total. The number of carbonyl (C=O) groups excluding carboxylic acids is 1. The highest BCUT2D eigenvalue weighted by atomic mass is 32.2. The first-order valence-electron chi connectivity index (χ1n) is 6.91. The molecule has 22 heavy (non-hydrogen) atoms. The number of halogens is 1. The van der Waals surface area contributed by atoms with Gasteiger partial charge in [0.15, 0.2) is 0 Å². The zero-order chi connectivity index (χ0) is 15.8. The summed E-state index contributed by atoms with van der Waals surface area (Å²) in [6.07, 6.45) is 1.72. The first kappa shape index (κ1) is 16.8. The van der Waals surface area contributed by atoms with E-state index in [0.717, 1.165) is 10.8 Å². The van der Waals surface area contributed by atoms with Gasteiger partial charge in [-0.2, -0.15) is 11.8 Å². The van der Waals surface area contributed by atoms with Crippen molar-refractivity contribution in [1.82, 2.24) is 15.6 Å². The van der Waals surface area contributed by atoms with Gasteiger partial charge < -0.3 is 10.6 Å². The molecule has 1 atom stereocenters. The Kier molecular flexibility index (Phi) is 6.67. The van der Waals surface area contributed by atoms with Gasteiger partial charge in [0, 0.05) is 29.6 Å². The standard InChI is InChI=1S/C15H18FN3OS2/c1-11(14-17-7-9-22-14)19-15(20)18-6-8-21-10-12-4-2-3-5-13(12)16/h2-5,7,9,11H,6,8,10H2,1H3,(H2,18,19,20). The summed E-state index contributed by atoms with van der Waals surface area (Å²) in [5.41, 5.74) is 0.689. The number of nitrogens with zero attached hydrogens (tertiary/aromatic N) is 1. The molecule has 0 spiro atoms. The summed E-state index contributed by atoms with van der Waals surface area (Å²) in [5, 5.41) is 8.38. The van der Waals surface area contributed by atoms with Crippen molar-refractivity contribution in [2.75, 3.05) is 12.3 Å². The summed E-state index contributed by atoms with van der Waals surface area (Å²) in [4.78, 5) is 15.9. The second kappa shape index (κ2) is 8.75. The van der Waals surface area contributed by atoms with Crippen molar-refractivity contribution in [1.29, 1.82) is 0 Å². The van der Waals surface area contributed by atoms with Gasteiger partial charge in [0.1, 0.15) is 10.8 Å². The van der Waals surface area contributed by atoms with E-state index in [2.05, 4.69) is 15.6 Å². The Bertz CT molecular complexity index is 592. The van der Waals surface area contributed by atoms with Gasteiger partial charge in [-0.1, -0.05) is 18.2 Å². The molecule has 7 heteroatoms. The van der Waals surface area contributed by atoms with E-state index in [1.165, 1.54) is 17.4 Å². The molecular weight excluding hydrogens is 321 g/mol. The van der Waals surface area contributed by atoms with Crippen LogP contribution in [0.5, 0.6) is 0 Å². The van der Waals surface area contributed by atoms with Crippen LogP contribution in [0.4, 0.5) is 9.18 Å². The molecular formula is C15H18FN3OS2. The van der Waals surface area contributed by atoms with Crippen LogP contribution in [0.1, 0.15) is 23.5 Å². The average Bonchev–Trinajstić information content (AvgIpc) is 3.03. The lowest BCUT2D eigenvalue weighted by atomic mass is 10.2. The minimum absolute atomic E-state index is 0.105. The fourth-order valence-corrected chi connectivity index (χ4v) is 3.28. The SMILES string of the molecule is CC(NC(=O)NCCSCc1ccccc1F)c1nccs1. The van der Waals surface area contributed by atoms with Crippen LogP contribution in [0.2, 0.25) is 0 Å². The molecule has 0 saturated carbocycles. The third kappa shape index (κ3) is 5.31. The summed E-state index contributed by atoms with van der Waals surface area (Å²) in [7, 11) is 0. The first-order valence-corrected chi connectivity index (χ1v) is 8.95. The Morgan fingerprint density at radius 3 is 3.00 bits per heavy atom. The third-order valence-electron chi connectivity index (χ3n) is 2.92. The van der Waals surface area contributed by atoms with Gasteiger partial charge >= 0.3 is 6.03 Å². The van der Waals surface area contributed by atoms with Gasteiger partial charge in [0.05, 0.1) is 6.04 Å². The molecule has 0 aliphatic rings. The zero-order valence-corrected chi connectivity index (χ0v) is 13.8. The number of urea groups is 1. The van der Waals surface area contributed by atoms with E-state index in [1.54, 1.807) is 30.1 Å². The molecule has 0 bridgehead atoms. The quantitative estimate of drug-likeness (QED) is 0.758. The van der Waals surface area contributed by atoms with E-state index in [9.17, 15) is 9.18 Å². The van der Waals surface area contributed by atoms with Crippen LogP contribution in [0.3, 0.4) is 0 Å². The lowest BCUT2D eigenvalue weighted by Gasteiger charge is -2.12. The van der Waals surface area contributed by atoms with Crippen LogP contribution in [0.25, 0.3) is 0 Å². The number of thiazole rings is 1. The maximum Gasteiger partial charge on any atom is 0.315 e. The number of thioether (sulfide) groups is 1. The smallest absolute Gasteiger partial charge is 0.315 e. The molecule has 1 heterocycles. The molecule has 2 N–H and O–H groups in total. The Hall–Kier alpha value is -1.60. The van der Waals surface area contributed by atoms with Gasteiger partial charge in [-0.3, -0.25) is 0 Å². The molecule has 0 aliphatic heterocycles. The van der Waals surface area contributed by atoms with Crippen LogP contribution >= 0.6 is 23.1 Å². The van der Waals surface area contributed by atoms with Crippen LogP contribution in [-0.4, -0.2) is 23.3 Å². The monoisotopic (exact) mass is 339 g/mol. The summed E-state index contributed by atoms with van der Waals surface area (Å²) in [6, 6.07) is 6.42. The van der Waals surface area contributed by atoms with Crippen molar-refractivity contribution in [3.8, 4) is 0 Å². The molecule has 0 fully saturated rings. The molecule has 2 rings (SSSR count). The van der Waals surface area contributed by atoms with Crippen LogP contribution in [0.15, 0.2) is 35.8 Å². The van der Waals surface area contributed by atoms with Crippen LogP contribution in [-0.2, 0) is 5.75 Å². The minimum Gasteiger partial charge on any atom is -0.337 e. The van der Waals surface area contributed by atoms with Crippen molar-refractivity contribution >= 4 is 29.1 Å². The third-order valence-corrected chi connectivity index (χ3v) is 4.88. The van der Waals surface area contributed by atoms with Crippen LogP contribution < -0.4 is 10.6 Å². The number of amides is 2. The maximum absolute atomic E-state index is 13.4. The lowest BCUT2D eigenvalue weighted by molar-refractivity contribution is 0.238. The molecule has 1 aromatic carbocycles. The lowest BCUT2D eigenvalue weighted by Crippen LogP contribution is -2.38. The molecule has 0 aliphatic carbocycles. The fourth-order valence-electron chi connectivity index (χ4n) is 1.79. The predicted molar refractivity (Wildman–Crippen MR) is 89.6 cm³/mol. The number of hydrogen-bond donors (Lipinski definition) is 2. The Morgan fingerprint density at radius 1 is 1.45 bits per heavy atom. The zero-order valence-electron chi connectivity index (χ0n) is 12.2. The average molecular weight is 339 g/mol. The Labute approximate surface area is 137 Å². The predicted octanol–water partition coefficient (Wildman–Crippen LogP) is 3.58. The number of carbonyl (C=O) groups is 1. The molecule has 1 aromatic heterocycles. The number of nitrogens with one attached hydrogen (secondary N) is 2. The van der Waals surface area contributed by atoms with E-state index in [-0.39, 0.29) is 17.9 Å². The second-order valence-electron chi connectivity index (χ2n) is 4.64. The highest BCUT2D eigenvalue weighted by molar-refractivity contribution is 7.98.